The highest BCUT2D eigenvalue weighted by Gasteiger charge is 2.30. The van der Waals surface area contributed by atoms with E-state index in [2.05, 4.69) is 26.8 Å². The van der Waals surface area contributed by atoms with Crippen molar-refractivity contribution in [2.75, 3.05) is 64.2 Å². The molecule has 3 aliphatic rings. The van der Waals surface area contributed by atoms with Crippen molar-refractivity contribution in [1.29, 1.82) is 0 Å². The molecule has 8 heteroatoms. The lowest BCUT2D eigenvalue weighted by molar-refractivity contribution is 0.0286. The van der Waals surface area contributed by atoms with Crippen LogP contribution in [0.1, 0.15) is 22.5 Å². The summed E-state index contributed by atoms with van der Waals surface area (Å²) in [4.78, 5) is 21.0. The fraction of sp³-hybridized carbons (Fsp3) is 0.522. The molecule has 0 unspecified atom stereocenters. The van der Waals surface area contributed by atoms with Crippen LogP contribution in [0.15, 0.2) is 35.7 Å². The second-order valence-corrected chi connectivity index (χ2v) is 9.13. The number of morpholine rings is 1. The molecule has 0 saturated carbocycles. The van der Waals surface area contributed by atoms with E-state index >= 15 is 0 Å². The number of carbonyl (C=O) groups excluding carboxylic acids is 1. The van der Waals surface area contributed by atoms with Crippen molar-refractivity contribution >= 4 is 22.9 Å². The molecule has 2 fully saturated rings. The van der Waals surface area contributed by atoms with Crippen molar-refractivity contribution in [2.45, 2.75) is 18.9 Å². The van der Waals surface area contributed by atoms with Crippen LogP contribution in [0.5, 0.6) is 11.5 Å². The molecular formula is C23H29N3O4S. The smallest absolute Gasteiger partial charge is 0.264 e. The number of hydrogen-bond donors (Lipinski definition) is 0. The first-order valence-electron chi connectivity index (χ1n) is 11.1. The van der Waals surface area contributed by atoms with Crippen LogP contribution in [0, 0.1) is 0 Å². The molecule has 2 aromatic rings. The number of carbonyl (C=O) groups is 1. The summed E-state index contributed by atoms with van der Waals surface area (Å²) in [6, 6.07) is 10.3. The Morgan fingerprint density at radius 3 is 2.65 bits per heavy atom. The summed E-state index contributed by atoms with van der Waals surface area (Å²) in [5.41, 5.74) is 1.16. The number of nitrogens with zero attached hydrogens (tertiary/aromatic N) is 3. The van der Waals surface area contributed by atoms with Gasteiger partial charge in [-0.2, -0.15) is 0 Å². The second kappa shape index (κ2) is 9.46. The zero-order valence-electron chi connectivity index (χ0n) is 17.7. The van der Waals surface area contributed by atoms with E-state index in [1.807, 2.05) is 23.6 Å². The minimum Gasteiger partial charge on any atom is -0.454 e. The molecule has 166 valence electrons. The van der Waals surface area contributed by atoms with Crippen LogP contribution >= 0.6 is 11.3 Å². The quantitative estimate of drug-likeness (QED) is 0.684. The van der Waals surface area contributed by atoms with Crippen molar-refractivity contribution < 1.29 is 19.0 Å². The summed E-state index contributed by atoms with van der Waals surface area (Å²) in [6.45, 7) is 7.29. The first kappa shape index (κ1) is 20.6. The Kier molecular flexibility index (Phi) is 6.29. The van der Waals surface area contributed by atoms with Crippen molar-refractivity contribution in [3.8, 4) is 11.5 Å². The fourth-order valence-electron chi connectivity index (χ4n) is 4.58. The SMILES string of the molecule is O=C(c1cccs1)N(CCN1CCOCC1)C1CCN(c2ccc3c(c2)OCO3)CC1. The van der Waals surface area contributed by atoms with Crippen LogP contribution in [-0.4, -0.2) is 81.0 Å². The molecule has 0 atom stereocenters. The van der Waals surface area contributed by atoms with Gasteiger partial charge in [0.25, 0.3) is 5.91 Å². The number of anilines is 1. The van der Waals surface area contributed by atoms with E-state index in [4.69, 9.17) is 14.2 Å². The third-order valence-electron chi connectivity index (χ3n) is 6.38. The average Bonchev–Trinajstić information content (AvgIpc) is 3.52. The summed E-state index contributed by atoms with van der Waals surface area (Å²) in [6.07, 6.45) is 1.93. The van der Waals surface area contributed by atoms with Gasteiger partial charge in [-0.05, 0) is 36.4 Å². The third kappa shape index (κ3) is 4.66. The van der Waals surface area contributed by atoms with E-state index in [-0.39, 0.29) is 11.9 Å². The molecule has 4 heterocycles. The van der Waals surface area contributed by atoms with Gasteiger partial charge in [0.1, 0.15) is 0 Å². The molecule has 0 spiro atoms. The van der Waals surface area contributed by atoms with Gasteiger partial charge in [0.2, 0.25) is 6.79 Å². The normalized spacial score (nSPS) is 19.5. The number of ether oxygens (including phenoxy) is 3. The Balaban J connectivity index is 1.24. The molecular weight excluding hydrogens is 414 g/mol. The van der Waals surface area contributed by atoms with E-state index < -0.39 is 0 Å². The van der Waals surface area contributed by atoms with Gasteiger partial charge < -0.3 is 24.0 Å². The second-order valence-electron chi connectivity index (χ2n) is 8.19. The highest BCUT2D eigenvalue weighted by atomic mass is 32.1. The maximum absolute atomic E-state index is 13.3. The molecule has 31 heavy (non-hydrogen) atoms. The van der Waals surface area contributed by atoms with Gasteiger partial charge in [-0.3, -0.25) is 9.69 Å². The highest BCUT2D eigenvalue weighted by molar-refractivity contribution is 7.12. The minimum absolute atomic E-state index is 0.171. The molecule has 1 aromatic carbocycles. The van der Waals surface area contributed by atoms with Crippen molar-refractivity contribution in [3.63, 3.8) is 0 Å². The maximum atomic E-state index is 13.3. The Hall–Kier alpha value is -2.29. The number of piperidine rings is 1. The molecule has 2 saturated heterocycles. The predicted octanol–water partition coefficient (Wildman–Crippen LogP) is 2.92. The van der Waals surface area contributed by atoms with E-state index in [9.17, 15) is 4.79 Å². The molecule has 1 aromatic heterocycles. The summed E-state index contributed by atoms with van der Waals surface area (Å²) < 4.78 is 16.4. The van der Waals surface area contributed by atoms with Gasteiger partial charge in [-0.25, -0.2) is 0 Å². The van der Waals surface area contributed by atoms with Crippen LogP contribution in [-0.2, 0) is 4.74 Å². The Morgan fingerprint density at radius 1 is 1.06 bits per heavy atom. The number of thiophene rings is 1. The Labute approximate surface area is 187 Å². The Bertz CT molecular complexity index is 877. The van der Waals surface area contributed by atoms with E-state index in [0.29, 0.717) is 6.79 Å². The van der Waals surface area contributed by atoms with Gasteiger partial charge >= 0.3 is 0 Å². The van der Waals surface area contributed by atoms with Gasteiger partial charge in [0.15, 0.2) is 11.5 Å². The largest absolute Gasteiger partial charge is 0.454 e. The lowest BCUT2D eigenvalue weighted by atomic mass is 10.0. The Morgan fingerprint density at radius 2 is 1.87 bits per heavy atom. The first-order valence-corrected chi connectivity index (χ1v) is 11.9. The summed E-state index contributed by atoms with van der Waals surface area (Å²) in [5.74, 6) is 1.80. The highest BCUT2D eigenvalue weighted by Crippen LogP contribution is 2.36. The summed E-state index contributed by atoms with van der Waals surface area (Å²) in [7, 11) is 0. The van der Waals surface area contributed by atoms with Crippen LogP contribution in [0.4, 0.5) is 5.69 Å². The minimum atomic E-state index is 0.171. The molecule has 0 N–H and O–H groups in total. The fourth-order valence-corrected chi connectivity index (χ4v) is 5.26. The molecule has 5 rings (SSSR count). The number of benzene rings is 1. The van der Waals surface area contributed by atoms with Crippen LogP contribution < -0.4 is 14.4 Å². The monoisotopic (exact) mass is 443 g/mol. The predicted molar refractivity (Wildman–Crippen MR) is 120 cm³/mol. The van der Waals surface area contributed by atoms with E-state index in [0.717, 1.165) is 87.4 Å². The van der Waals surface area contributed by atoms with Crippen molar-refractivity contribution in [2.24, 2.45) is 0 Å². The summed E-state index contributed by atoms with van der Waals surface area (Å²) >= 11 is 1.53. The van der Waals surface area contributed by atoms with Crippen molar-refractivity contribution in [3.05, 3.63) is 40.6 Å². The standard InChI is InChI=1S/C23H29N3O4S/c27-23(22-2-1-15-31-22)26(10-9-24-11-13-28-14-12-24)18-5-7-25(8-6-18)19-3-4-20-21(16-19)30-17-29-20/h1-4,15-16,18H,5-14,17H2. The van der Waals surface area contributed by atoms with Crippen LogP contribution in [0.3, 0.4) is 0 Å². The molecule has 0 aliphatic carbocycles. The first-order chi connectivity index (χ1) is 15.3. The van der Waals surface area contributed by atoms with Gasteiger partial charge in [-0.15, -0.1) is 11.3 Å². The lowest BCUT2D eigenvalue weighted by Gasteiger charge is -2.40. The molecule has 7 nitrogen and oxygen atoms in total. The zero-order valence-corrected chi connectivity index (χ0v) is 18.5. The van der Waals surface area contributed by atoms with E-state index in [1.165, 1.54) is 11.3 Å². The third-order valence-corrected chi connectivity index (χ3v) is 7.24. The topological polar surface area (TPSA) is 54.5 Å². The number of amides is 1. The maximum Gasteiger partial charge on any atom is 0.264 e. The van der Waals surface area contributed by atoms with Gasteiger partial charge in [-0.1, -0.05) is 6.07 Å². The number of rotatable bonds is 6. The van der Waals surface area contributed by atoms with Crippen molar-refractivity contribution in [1.82, 2.24) is 9.80 Å². The van der Waals surface area contributed by atoms with Gasteiger partial charge in [0, 0.05) is 57.1 Å². The van der Waals surface area contributed by atoms with Gasteiger partial charge in [0.05, 0.1) is 18.1 Å². The zero-order chi connectivity index (χ0) is 21.0. The van der Waals surface area contributed by atoms with E-state index in [1.54, 1.807) is 0 Å². The van der Waals surface area contributed by atoms with Crippen LogP contribution in [0.25, 0.3) is 0 Å². The number of hydrogen-bond acceptors (Lipinski definition) is 7. The average molecular weight is 444 g/mol. The molecule has 1 amide bonds. The lowest BCUT2D eigenvalue weighted by Crippen LogP contribution is -2.50. The molecule has 0 radical (unpaired) electrons. The number of fused-ring (bicyclic) bond motifs is 1. The van der Waals surface area contributed by atoms with Crippen LogP contribution in [0.2, 0.25) is 0 Å². The molecule has 0 bridgehead atoms. The molecule has 3 aliphatic heterocycles. The summed E-state index contributed by atoms with van der Waals surface area (Å²) in [5, 5.41) is 1.98.